The quantitative estimate of drug-likeness (QED) is 0.421. The van der Waals surface area contributed by atoms with E-state index in [1.54, 1.807) is 30.3 Å². The van der Waals surface area contributed by atoms with Gasteiger partial charge in [0.1, 0.15) is 0 Å². The Morgan fingerprint density at radius 1 is 1.14 bits per heavy atom. The first kappa shape index (κ1) is 23.3. The predicted molar refractivity (Wildman–Crippen MR) is 44.6 cm³/mol. The molecule has 0 aliphatic heterocycles. The van der Waals surface area contributed by atoms with Crippen LogP contribution in [-0.4, -0.2) is 10.00 Å². The van der Waals surface area contributed by atoms with E-state index in [2.05, 4.69) is 0 Å². The summed E-state index contributed by atoms with van der Waals surface area (Å²) >= 11 is 0. The molecule has 64 valence electrons. The van der Waals surface area contributed by atoms with Gasteiger partial charge in [0.2, 0.25) is 0 Å². The monoisotopic (exact) mass is 291 g/mol. The van der Waals surface area contributed by atoms with E-state index in [1.165, 1.54) is 0 Å². The van der Waals surface area contributed by atoms with E-state index in [0.717, 1.165) is 0 Å². The third-order valence-electron chi connectivity index (χ3n) is 1.31. The molecule has 0 bridgehead atoms. The van der Waals surface area contributed by atoms with Crippen LogP contribution < -0.4 is 154 Å². The molecular formula is C7H11K3O3P+. The average Bonchev–Trinajstić information content (AvgIpc) is 2.05. The fraction of sp³-hybridized carbons (Fsp3) is 0.143. The largest absolute Gasteiger partial charge is 1.00 e. The molecule has 14 heavy (non-hydrogen) atoms. The second kappa shape index (κ2) is 13.6. The summed E-state index contributed by atoms with van der Waals surface area (Å²) in [6.45, 7) is 0. The summed E-state index contributed by atoms with van der Waals surface area (Å²) in [6, 6.07) is 8.40. The second-order valence-corrected chi connectivity index (χ2v) is 3.18. The number of benzene rings is 1. The van der Waals surface area contributed by atoms with Crippen LogP contribution >= 0.6 is 8.03 Å². The maximum Gasteiger partial charge on any atom is 1.00 e. The summed E-state index contributed by atoms with van der Waals surface area (Å²) in [5.41, 5.74) is 0.469. The van der Waals surface area contributed by atoms with Crippen LogP contribution in [-0.2, 0) is 4.57 Å². The molecule has 0 saturated carbocycles. The first-order valence-corrected chi connectivity index (χ1v) is 4.38. The molecule has 2 unspecified atom stereocenters. The molecular weight excluding hydrogens is 280 g/mol. The SMILES string of the molecule is O=[P+](O)C(O)c1ccccc1.[H-].[H-].[H-].[K+].[K+].[K+]. The average molecular weight is 291 g/mol. The van der Waals surface area contributed by atoms with Gasteiger partial charge in [0.05, 0.1) is 0 Å². The molecule has 0 saturated heterocycles. The van der Waals surface area contributed by atoms with Crippen LogP contribution in [0.25, 0.3) is 0 Å². The van der Waals surface area contributed by atoms with Gasteiger partial charge < -0.3 is 9.39 Å². The van der Waals surface area contributed by atoms with E-state index >= 15 is 0 Å². The molecule has 0 amide bonds. The van der Waals surface area contributed by atoms with Crippen molar-refractivity contribution < 1.29 is 173 Å². The summed E-state index contributed by atoms with van der Waals surface area (Å²) in [6.07, 6.45) is 0. The molecule has 0 spiro atoms. The van der Waals surface area contributed by atoms with Crippen LogP contribution in [0.3, 0.4) is 0 Å². The molecule has 7 heteroatoms. The Labute approximate surface area is 216 Å². The number of aliphatic hydroxyl groups excluding tert-OH is 1. The van der Waals surface area contributed by atoms with Crippen molar-refractivity contribution in [1.82, 2.24) is 0 Å². The molecule has 1 aromatic carbocycles. The van der Waals surface area contributed by atoms with Crippen molar-refractivity contribution >= 4 is 8.03 Å². The predicted octanol–water partition coefficient (Wildman–Crippen LogP) is -7.24. The van der Waals surface area contributed by atoms with Crippen molar-refractivity contribution in [3.63, 3.8) is 0 Å². The molecule has 0 aromatic heterocycles. The molecule has 2 atom stereocenters. The minimum absolute atomic E-state index is 0. The Kier molecular flexibility index (Phi) is 22.6. The van der Waals surface area contributed by atoms with Crippen molar-refractivity contribution in [2.75, 3.05) is 0 Å². The molecule has 2 N–H and O–H groups in total. The first-order chi connectivity index (χ1) is 5.22. The van der Waals surface area contributed by atoms with Crippen molar-refractivity contribution in [2.24, 2.45) is 0 Å². The summed E-state index contributed by atoms with van der Waals surface area (Å²) in [5.74, 6) is -1.26. The van der Waals surface area contributed by atoms with Crippen LogP contribution in [0.4, 0.5) is 0 Å². The molecule has 0 aliphatic rings. The number of hydrogen-bond donors (Lipinski definition) is 2. The van der Waals surface area contributed by atoms with E-state index < -0.39 is 13.9 Å². The van der Waals surface area contributed by atoms with Gasteiger partial charge >= 0.3 is 168 Å². The summed E-state index contributed by atoms with van der Waals surface area (Å²) in [7, 11) is -2.53. The molecule has 0 fully saturated rings. The van der Waals surface area contributed by atoms with Crippen LogP contribution in [0.1, 0.15) is 15.7 Å². The molecule has 0 heterocycles. The van der Waals surface area contributed by atoms with Gasteiger partial charge in [-0.1, -0.05) is 30.3 Å². The van der Waals surface area contributed by atoms with E-state index in [1.807, 2.05) is 0 Å². The van der Waals surface area contributed by atoms with E-state index in [0.29, 0.717) is 5.56 Å². The normalized spacial score (nSPS) is 11.1. The maximum absolute atomic E-state index is 10.4. The molecule has 3 nitrogen and oxygen atoms in total. The molecule has 0 radical (unpaired) electrons. The van der Waals surface area contributed by atoms with Crippen LogP contribution in [0.5, 0.6) is 0 Å². The minimum atomic E-state index is -2.53. The van der Waals surface area contributed by atoms with Gasteiger partial charge in [-0.15, -0.1) is 0 Å². The summed E-state index contributed by atoms with van der Waals surface area (Å²) < 4.78 is 10.4. The topological polar surface area (TPSA) is 57.5 Å². The Balaban J connectivity index is -0.0000000504. The van der Waals surface area contributed by atoms with E-state index in [9.17, 15) is 4.57 Å². The van der Waals surface area contributed by atoms with E-state index in [-0.39, 0.29) is 158 Å². The van der Waals surface area contributed by atoms with Gasteiger partial charge in [-0.3, -0.25) is 0 Å². The number of hydrogen-bond acceptors (Lipinski definition) is 2. The van der Waals surface area contributed by atoms with E-state index in [4.69, 9.17) is 10.00 Å². The van der Waals surface area contributed by atoms with Gasteiger partial charge in [0.25, 0.3) is 0 Å². The fourth-order valence-electron chi connectivity index (χ4n) is 0.753. The van der Waals surface area contributed by atoms with Crippen molar-refractivity contribution in [3.8, 4) is 0 Å². The Morgan fingerprint density at radius 3 is 1.93 bits per heavy atom. The molecule has 0 aliphatic carbocycles. The fourth-order valence-corrected chi connectivity index (χ4v) is 1.18. The number of aliphatic hydroxyl groups is 1. The second-order valence-electron chi connectivity index (χ2n) is 2.09. The summed E-state index contributed by atoms with van der Waals surface area (Å²) in [4.78, 5) is 8.53. The third kappa shape index (κ3) is 9.13. The summed E-state index contributed by atoms with van der Waals surface area (Å²) in [5, 5.41) is 9.06. The Hall–Kier alpha value is 4.15. The van der Waals surface area contributed by atoms with Crippen molar-refractivity contribution in [2.45, 2.75) is 5.85 Å². The zero-order valence-electron chi connectivity index (χ0n) is 11.7. The van der Waals surface area contributed by atoms with Gasteiger partial charge in [-0.2, -0.15) is 4.89 Å². The Bertz CT molecular complexity index is 269. The third-order valence-corrected chi connectivity index (χ3v) is 2.02. The van der Waals surface area contributed by atoms with Crippen LogP contribution in [0, 0.1) is 0 Å². The smallest absolute Gasteiger partial charge is 1.00 e. The zero-order valence-corrected chi connectivity index (χ0v) is 19.0. The van der Waals surface area contributed by atoms with Crippen LogP contribution in [0.2, 0.25) is 0 Å². The van der Waals surface area contributed by atoms with Crippen LogP contribution in [0.15, 0.2) is 30.3 Å². The van der Waals surface area contributed by atoms with Crippen molar-refractivity contribution in [3.05, 3.63) is 35.9 Å². The molecule has 1 rings (SSSR count). The maximum atomic E-state index is 10.4. The van der Waals surface area contributed by atoms with Gasteiger partial charge in [-0.25, -0.2) is 0 Å². The minimum Gasteiger partial charge on any atom is -1.00 e. The first-order valence-electron chi connectivity index (χ1n) is 3.10. The van der Waals surface area contributed by atoms with Gasteiger partial charge in [-0.05, 0) is 4.57 Å². The standard InChI is InChI=1S/C7H7O3P.3K.3H/c8-7(11(9)10)6-4-2-1-3-5-6;;;;;;/h1-5,7-8H;;;;;;/q;3*+1;3*-1/p+1. The van der Waals surface area contributed by atoms with Gasteiger partial charge in [0.15, 0.2) is 0 Å². The van der Waals surface area contributed by atoms with Gasteiger partial charge in [0, 0.05) is 5.56 Å². The number of rotatable bonds is 2. The Morgan fingerprint density at radius 2 is 1.57 bits per heavy atom. The molecule has 1 aromatic rings. The van der Waals surface area contributed by atoms with Crippen molar-refractivity contribution in [1.29, 1.82) is 0 Å². The zero-order chi connectivity index (χ0) is 8.27.